The summed E-state index contributed by atoms with van der Waals surface area (Å²) in [6.45, 7) is 2.73. The molecule has 3 aromatic rings. The number of rotatable bonds is 8. The molecule has 1 aromatic heterocycles. The third kappa shape index (κ3) is 4.50. The molecule has 0 bridgehead atoms. The number of nitrogens with one attached hydrogen (secondary N) is 1. The number of halogens is 1. The third-order valence-electron chi connectivity index (χ3n) is 4.54. The van der Waals surface area contributed by atoms with E-state index in [1.54, 1.807) is 0 Å². The van der Waals surface area contributed by atoms with Gasteiger partial charge in [-0.3, -0.25) is 0 Å². The summed E-state index contributed by atoms with van der Waals surface area (Å²) in [5, 5.41) is 1.03. The molecule has 0 spiro atoms. The number of para-hydroxylation sites is 1. The van der Waals surface area contributed by atoms with E-state index in [1.807, 2.05) is 68.4 Å². The van der Waals surface area contributed by atoms with Gasteiger partial charge in [0.25, 0.3) is 0 Å². The monoisotopic (exact) mass is 444 g/mol. The standard InChI is InChI=1S/C22H25BrN2O3/c1-4-27-22(26)21-18(17-10-6-12-19(23)20(17)24-21)11-7-13-28-16-9-5-8-15(14-16)25(2)3/h5-6,8-10,12,14,24H,4,7,11,13H2,1-3H3. The van der Waals surface area contributed by atoms with Crippen LogP contribution in [0.15, 0.2) is 46.9 Å². The number of anilines is 1. The Balaban J connectivity index is 1.73. The summed E-state index contributed by atoms with van der Waals surface area (Å²) in [5.74, 6) is 0.527. The number of carbonyl (C=O) groups is 1. The highest BCUT2D eigenvalue weighted by molar-refractivity contribution is 9.10. The zero-order chi connectivity index (χ0) is 20.1. The lowest BCUT2D eigenvalue weighted by atomic mass is 10.1. The molecule has 0 saturated carbocycles. The van der Waals surface area contributed by atoms with E-state index in [2.05, 4.69) is 20.9 Å². The molecule has 0 radical (unpaired) electrons. The molecular formula is C22H25BrN2O3. The Morgan fingerprint density at radius 2 is 1.96 bits per heavy atom. The van der Waals surface area contributed by atoms with Crippen LogP contribution in [0.5, 0.6) is 5.75 Å². The van der Waals surface area contributed by atoms with Gasteiger partial charge in [-0.05, 0) is 59.5 Å². The summed E-state index contributed by atoms with van der Waals surface area (Å²) in [6.07, 6.45) is 1.51. The van der Waals surface area contributed by atoms with Gasteiger partial charge in [-0.25, -0.2) is 4.79 Å². The van der Waals surface area contributed by atoms with E-state index < -0.39 is 0 Å². The van der Waals surface area contributed by atoms with Crippen molar-refractivity contribution < 1.29 is 14.3 Å². The molecule has 0 aliphatic rings. The smallest absolute Gasteiger partial charge is 0.355 e. The maximum atomic E-state index is 12.4. The van der Waals surface area contributed by atoms with E-state index in [-0.39, 0.29) is 5.97 Å². The predicted molar refractivity (Wildman–Crippen MR) is 117 cm³/mol. The van der Waals surface area contributed by atoms with Crippen LogP contribution in [-0.4, -0.2) is 38.3 Å². The van der Waals surface area contributed by atoms with Gasteiger partial charge in [0, 0.05) is 35.7 Å². The lowest BCUT2D eigenvalue weighted by molar-refractivity contribution is 0.0519. The maximum Gasteiger partial charge on any atom is 0.355 e. The summed E-state index contributed by atoms with van der Waals surface area (Å²) in [6, 6.07) is 14.0. The zero-order valence-corrected chi connectivity index (χ0v) is 18.0. The summed E-state index contributed by atoms with van der Waals surface area (Å²) >= 11 is 3.55. The molecule has 5 nitrogen and oxygen atoms in total. The highest BCUT2D eigenvalue weighted by Gasteiger charge is 2.19. The molecule has 1 N–H and O–H groups in total. The van der Waals surface area contributed by atoms with E-state index in [1.165, 1.54) is 0 Å². The molecule has 1 heterocycles. The summed E-state index contributed by atoms with van der Waals surface area (Å²) in [5.41, 5.74) is 3.52. The lowest BCUT2D eigenvalue weighted by Crippen LogP contribution is -2.09. The molecular weight excluding hydrogens is 420 g/mol. The van der Waals surface area contributed by atoms with Gasteiger partial charge in [0.05, 0.1) is 18.7 Å². The fourth-order valence-corrected chi connectivity index (χ4v) is 3.63. The number of ether oxygens (including phenoxy) is 2. The molecule has 28 heavy (non-hydrogen) atoms. The zero-order valence-electron chi connectivity index (χ0n) is 16.4. The first-order chi connectivity index (χ1) is 13.5. The summed E-state index contributed by atoms with van der Waals surface area (Å²) in [7, 11) is 4.01. The number of H-pyrrole nitrogens is 1. The SMILES string of the molecule is CCOC(=O)c1[nH]c2c(Br)cccc2c1CCCOc1cccc(N(C)C)c1. The summed E-state index contributed by atoms with van der Waals surface area (Å²) in [4.78, 5) is 17.7. The molecule has 0 fully saturated rings. The van der Waals surface area contributed by atoms with Crippen LogP contribution in [0.2, 0.25) is 0 Å². The fraction of sp³-hybridized carbons (Fsp3) is 0.318. The van der Waals surface area contributed by atoms with Gasteiger partial charge in [-0.2, -0.15) is 0 Å². The molecule has 0 unspecified atom stereocenters. The highest BCUT2D eigenvalue weighted by Crippen LogP contribution is 2.30. The minimum absolute atomic E-state index is 0.319. The van der Waals surface area contributed by atoms with E-state index in [0.29, 0.717) is 18.9 Å². The Morgan fingerprint density at radius 1 is 1.18 bits per heavy atom. The first-order valence-corrected chi connectivity index (χ1v) is 10.2. The van der Waals surface area contributed by atoms with Gasteiger partial charge in [0.1, 0.15) is 11.4 Å². The molecule has 3 rings (SSSR count). The topological polar surface area (TPSA) is 54.6 Å². The van der Waals surface area contributed by atoms with Crippen LogP contribution >= 0.6 is 15.9 Å². The van der Waals surface area contributed by atoms with Crippen molar-refractivity contribution >= 4 is 38.5 Å². The molecule has 0 aliphatic carbocycles. The highest BCUT2D eigenvalue weighted by atomic mass is 79.9. The number of aromatic nitrogens is 1. The van der Waals surface area contributed by atoms with Crippen molar-refractivity contribution in [3.63, 3.8) is 0 Å². The second-order valence-electron chi connectivity index (χ2n) is 6.71. The largest absolute Gasteiger partial charge is 0.494 e. The number of aromatic amines is 1. The number of hydrogen-bond donors (Lipinski definition) is 1. The van der Waals surface area contributed by atoms with E-state index in [9.17, 15) is 4.79 Å². The number of aryl methyl sites for hydroxylation is 1. The number of nitrogens with zero attached hydrogens (tertiary/aromatic N) is 1. The minimum Gasteiger partial charge on any atom is -0.494 e. The molecule has 0 saturated heterocycles. The van der Waals surface area contributed by atoms with Gasteiger partial charge in [0.2, 0.25) is 0 Å². The van der Waals surface area contributed by atoms with Crippen molar-refractivity contribution in [1.82, 2.24) is 4.98 Å². The minimum atomic E-state index is -0.319. The normalized spacial score (nSPS) is 10.9. The van der Waals surface area contributed by atoms with Gasteiger partial charge in [0.15, 0.2) is 0 Å². The predicted octanol–water partition coefficient (Wildman–Crippen LogP) is 5.18. The Kier molecular flexibility index (Phi) is 6.62. The average molecular weight is 445 g/mol. The third-order valence-corrected chi connectivity index (χ3v) is 5.20. The van der Waals surface area contributed by atoms with Gasteiger partial charge in [-0.15, -0.1) is 0 Å². The second kappa shape index (κ2) is 9.15. The molecule has 0 aliphatic heterocycles. The van der Waals surface area contributed by atoms with Crippen LogP contribution in [0.1, 0.15) is 29.4 Å². The van der Waals surface area contributed by atoms with Crippen molar-refractivity contribution in [3.8, 4) is 5.75 Å². The van der Waals surface area contributed by atoms with Crippen molar-refractivity contribution in [2.45, 2.75) is 19.8 Å². The van der Waals surface area contributed by atoms with Crippen molar-refractivity contribution in [2.24, 2.45) is 0 Å². The van der Waals surface area contributed by atoms with Gasteiger partial charge in [-0.1, -0.05) is 18.2 Å². The number of fused-ring (bicyclic) bond motifs is 1. The average Bonchev–Trinajstić information content (AvgIpc) is 3.06. The van der Waals surface area contributed by atoms with Gasteiger partial charge >= 0.3 is 5.97 Å². The van der Waals surface area contributed by atoms with Crippen LogP contribution in [0.25, 0.3) is 10.9 Å². The van der Waals surface area contributed by atoms with E-state index in [0.717, 1.165) is 45.2 Å². The molecule has 0 amide bonds. The lowest BCUT2D eigenvalue weighted by Gasteiger charge is -2.14. The first kappa shape index (κ1) is 20.3. The van der Waals surface area contributed by atoms with E-state index >= 15 is 0 Å². The number of esters is 1. The van der Waals surface area contributed by atoms with Crippen molar-refractivity contribution in [2.75, 3.05) is 32.2 Å². The number of benzene rings is 2. The summed E-state index contributed by atoms with van der Waals surface area (Å²) < 4.78 is 12.1. The fourth-order valence-electron chi connectivity index (χ4n) is 3.17. The van der Waals surface area contributed by atoms with Crippen LogP contribution < -0.4 is 9.64 Å². The first-order valence-electron chi connectivity index (χ1n) is 9.37. The van der Waals surface area contributed by atoms with Crippen molar-refractivity contribution in [3.05, 3.63) is 58.2 Å². The number of hydrogen-bond acceptors (Lipinski definition) is 4. The second-order valence-corrected chi connectivity index (χ2v) is 7.56. The molecule has 0 atom stereocenters. The van der Waals surface area contributed by atoms with Crippen LogP contribution in [0.4, 0.5) is 5.69 Å². The Labute approximate surface area is 173 Å². The molecule has 148 valence electrons. The van der Waals surface area contributed by atoms with Crippen LogP contribution in [0, 0.1) is 0 Å². The van der Waals surface area contributed by atoms with Crippen LogP contribution in [-0.2, 0) is 11.2 Å². The molecule has 6 heteroatoms. The number of carbonyl (C=O) groups excluding carboxylic acids is 1. The van der Waals surface area contributed by atoms with Crippen molar-refractivity contribution in [1.29, 1.82) is 0 Å². The molecule has 2 aromatic carbocycles. The van der Waals surface area contributed by atoms with E-state index in [4.69, 9.17) is 9.47 Å². The Bertz CT molecular complexity index is 966. The van der Waals surface area contributed by atoms with Gasteiger partial charge < -0.3 is 19.4 Å². The Hall–Kier alpha value is -2.47. The Morgan fingerprint density at radius 3 is 2.71 bits per heavy atom. The van der Waals surface area contributed by atoms with Crippen LogP contribution in [0.3, 0.4) is 0 Å². The maximum absolute atomic E-state index is 12.4. The quantitative estimate of drug-likeness (QED) is 0.383.